The Morgan fingerprint density at radius 1 is 1.06 bits per heavy atom. The van der Waals surface area contributed by atoms with Crippen LogP contribution >= 0.6 is 0 Å². The average Bonchev–Trinajstić information content (AvgIpc) is 2.68. The third-order valence-corrected chi connectivity index (χ3v) is 5.93. The molecule has 0 aliphatic rings. The lowest BCUT2D eigenvalue weighted by atomic mass is 9.86. The van der Waals surface area contributed by atoms with Crippen molar-refractivity contribution in [2.24, 2.45) is 0 Å². The molecule has 2 rings (SSSR count). The maximum absolute atomic E-state index is 12.1. The number of hydrogen-bond donors (Lipinski definition) is 2. The molecule has 0 unspecified atom stereocenters. The molecular formula is C22H29N3O5S. The van der Waals surface area contributed by atoms with Gasteiger partial charge in [-0.3, -0.25) is 14.9 Å². The zero-order chi connectivity index (χ0) is 23.2. The molecule has 0 aliphatic heterocycles. The first-order valence-electron chi connectivity index (χ1n) is 9.96. The van der Waals surface area contributed by atoms with E-state index in [1.807, 2.05) is 12.1 Å². The topological polar surface area (TPSA) is 118 Å². The summed E-state index contributed by atoms with van der Waals surface area (Å²) in [6, 6.07) is 11.9. The van der Waals surface area contributed by atoms with Crippen LogP contribution in [-0.2, 0) is 26.5 Å². The van der Waals surface area contributed by atoms with Gasteiger partial charge in [-0.15, -0.1) is 0 Å². The summed E-state index contributed by atoms with van der Waals surface area (Å²) in [4.78, 5) is 22.6. The molecule has 2 aromatic rings. The van der Waals surface area contributed by atoms with Crippen LogP contribution in [0.4, 0.5) is 11.4 Å². The Morgan fingerprint density at radius 2 is 1.71 bits per heavy atom. The van der Waals surface area contributed by atoms with E-state index in [-0.39, 0.29) is 40.7 Å². The van der Waals surface area contributed by atoms with Gasteiger partial charge in [0.25, 0.3) is 5.69 Å². The van der Waals surface area contributed by atoms with Gasteiger partial charge in [-0.2, -0.15) is 0 Å². The number of sulfone groups is 1. The van der Waals surface area contributed by atoms with E-state index in [1.165, 1.54) is 17.7 Å². The molecule has 31 heavy (non-hydrogen) atoms. The van der Waals surface area contributed by atoms with Crippen molar-refractivity contribution in [2.45, 2.75) is 43.9 Å². The van der Waals surface area contributed by atoms with Crippen molar-refractivity contribution in [3.63, 3.8) is 0 Å². The van der Waals surface area contributed by atoms with Gasteiger partial charge in [-0.05, 0) is 35.1 Å². The monoisotopic (exact) mass is 447 g/mol. The van der Waals surface area contributed by atoms with Crippen molar-refractivity contribution in [3.05, 3.63) is 63.7 Å². The van der Waals surface area contributed by atoms with E-state index in [4.69, 9.17) is 0 Å². The first-order chi connectivity index (χ1) is 14.4. The summed E-state index contributed by atoms with van der Waals surface area (Å²) in [7, 11) is -3.54. The molecule has 0 radical (unpaired) electrons. The first kappa shape index (κ1) is 24.3. The number of nitrogens with zero attached hydrogens (tertiary/aromatic N) is 1. The van der Waals surface area contributed by atoms with E-state index in [1.54, 1.807) is 0 Å². The highest BCUT2D eigenvalue weighted by Gasteiger charge is 2.18. The van der Waals surface area contributed by atoms with Crippen LogP contribution in [0.5, 0.6) is 0 Å². The van der Waals surface area contributed by atoms with Crippen LogP contribution in [0.1, 0.15) is 38.3 Å². The third kappa shape index (κ3) is 7.36. The molecule has 8 nitrogen and oxygen atoms in total. The second-order valence-electron chi connectivity index (χ2n) is 8.43. The summed E-state index contributed by atoms with van der Waals surface area (Å²) >= 11 is 0. The number of anilines is 1. The van der Waals surface area contributed by atoms with Crippen LogP contribution in [-0.4, -0.2) is 38.6 Å². The summed E-state index contributed by atoms with van der Waals surface area (Å²) < 4.78 is 23.2. The van der Waals surface area contributed by atoms with Gasteiger partial charge in [0.1, 0.15) is 5.69 Å². The van der Waals surface area contributed by atoms with Gasteiger partial charge in [0.2, 0.25) is 5.91 Å². The number of carbonyl (C=O) groups is 1. The second-order valence-corrected chi connectivity index (χ2v) is 10.4. The maximum atomic E-state index is 12.1. The van der Waals surface area contributed by atoms with Crippen molar-refractivity contribution in [1.82, 2.24) is 5.32 Å². The van der Waals surface area contributed by atoms with Crippen LogP contribution < -0.4 is 10.6 Å². The zero-order valence-electron chi connectivity index (χ0n) is 18.3. The summed E-state index contributed by atoms with van der Waals surface area (Å²) in [5.41, 5.74) is 2.29. The van der Waals surface area contributed by atoms with E-state index in [0.29, 0.717) is 12.8 Å². The molecule has 168 valence electrons. The molecule has 0 fully saturated rings. The Bertz CT molecular complexity index is 1040. The van der Waals surface area contributed by atoms with Gasteiger partial charge in [-0.1, -0.05) is 45.0 Å². The Labute approximate surface area is 183 Å². The van der Waals surface area contributed by atoms with E-state index < -0.39 is 14.8 Å². The molecule has 0 aromatic heterocycles. The number of amides is 1. The SMILES string of the molecule is CC(C)(C)c1ccc(CCC(=O)NCCNc2ccc(S(C)(=O)=O)cc2[N+](=O)[O-])cc1. The number of carbonyl (C=O) groups excluding carboxylic acids is 1. The van der Waals surface area contributed by atoms with Gasteiger partial charge < -0.3 is 10.6 Å². The minimum Gasteiger partial charge on any atom is -0.378 e. The highest BCUT2D eigenvalue weighted by Crippen LogP contribution is 2.27. The molecule has 0 spiro atoms. The molecule has 2 aromatic carbocycles. The van der Waals surface area contributed by atoms with Crippen molar-refractivity contribution >= 4 is 27.1 Å². The summed E-state index contributed by atoms with van der Waals surface area (Å²) in [6.45, 7) is 7.01. The van der Waals surface area contributed by atoms with E-state index in [2.05, 4.69) is 43.5 Å². The van der Waals surface area contributed by atoms with Gasteiger partial charge in [0.15, 0.2) is 9.84 Å². The number of benzene rings is 2. The molecule has 0 aliphatic carbocycles. The number of nitro benzene ring substituents is 1. The Balaban J connectivity index is 1.82. The smallest absolute Gasteiger partial charge is 0.293 e. The highest BCUT2D eigenvalue weighted by molar-refractivity contribution is 7.90. The Kier molecular flexibility index (Phi) is 7.78. The summed E-state index contributed by atoms with van der Waals surface area (Å²) in [5.74, 6) is -0.108. The lowest BCUT2D eigenvalue weighted by Crippen LogP contribution is -2.29. The molecule has 0 atom stereocenters. The zero-order valence-corrected chi connectivity index (χ0v) is 19.1. The lowest BCUT2D eigenvalue weighted by molar-refractivity contribution is -0.384. The Morgan fingerprint density at radius 3 is 2.26 bits per heavy atom. The summed E-state index contributed by atoms with van der Waals surface area (Å²) in [6.07, 6.45) is 1.97. The quantitative estimate of drug-likeness (QED) is 0.345. The van der Waals surface area contributed by atoms with Crippen LogP contribution in [0.15, 0.2) is 47.4 Å². The number of nitro groups is 1. The minimum absolute atomic E-state index is 0.0864. The van der Waals surface area contributed by atoms with E-state index in [9.17, 15) is 23.3 Å². The molecule has 0 heterocycles. The van der Waals surface area contributed by atoms with Crippen molar-refractivity contribution in [3.8, 4) is 0 Å². The molecular weight excluding hydrogens is 418 g/mol. The molecule has 0 saturated carbocycles. The van der Waals surface area contributed by atoms with Crippen LogP contribution in [0, 0.1) is 10.1 Å². The summed E-state index contributed by atoms with van der Waals surface area (Å²) in [5, 5.41) is 16.9. The molecule has 0 bridgehead atoms. The average molecular weight is 448 g/mol. The number of hydrogen-bond acceptors (Lipinski definition) is 6. The fraction of sp³-hybridized carbons (Fsp3) is 0.409. The van der Waals surface area contributed by atoms with E-state index >= 15 is 0 Å². The largest absolute Gasteiger partial charge is 0.378 e. The van der Waals surface area contributed by atoms with Crippen LogP contribution in [0.3, 0.4) is 0 Å². The second kappa shape index (κ2) is 9.91. The fourth-order valence-electron chi connectivity index (χ4n) is 2.96. The molecule has 2 N–H and O–H groups in total. The van der Waals surface area contributed by atoms with Gasteiger partial charge in [-0.25, -0.2) is 8.42 Å². The number of rotatable bonds is 9. The molecule has 0 saturated heterocycles. The van der Waals surface area contributed by atoms with Crippen LogP contribution in [0.2, 0.25) is 0 Å². The normalized spacial score (nSPS) is 11.7. The van der Waals surface area contributed by atoms with Crippen molar-refractivity contribution in [1.29, 1.82) is 0 Å². The fourth-order valence-corrected chi connectivity index (χ4v) is 3.60. The van der Waals surface area contributed by atoms with E-state index in [0.717, 1.165) is 17.9 Å². The minimum atomic E-state index is -3.54. The van der Waals surface area contributed by atoms with Gasteiger partial charge >= 0.3 is 0 Å². The first-order valence-corrected chi connectivity index (χ1v) is 11.9. The van der Waals surface area contributed by atoms with Gasteiger partial charge in [0, 0.05) is 31.8 Å². The maximum Gasteiger partial charge on any atom is 0.293 e. The predicted molar refractivity (Wildman–Crippen MR) is 121 cm³/mol. The standard InChI is InChI=1S/C22H29N3O5S/c1-22(2,3)17-8-5-16(6-9-17)7-12-21(26)24-14-13-23-19-11-10-18(31(4,29)30)15-20(19)25(27)28/h5-6,8-11,15,23H,7,12-14H2,1-4H3,(H,24,26). The highest BCUT2D eigenvalue weighted by atomic mass is 32.2. The van der Waals surface area contributed by atoms with Crippen LogP contribution in [0.25, 0.3) is 0 Å². The lowest BCUT2D eigenvalue weighted by Gasteiger charge is -2.19. The molecule has 9 heteroatoms. The third-order valence-electron chi connectivity index (χ3n) is 4.82. The van der Waals surface area contributed by atoms with Gasteiger partial charge in [0.05, 0.1) is 9.82 Å². The van der Waals surface area contributed by atoms with Crippen molar-refractivity contribution in [2.75, 3.05) is 24.7 Å². The number of nitrogens with one attached hydrogen (secondary N) is 2. The number of aryl methyl sites for hydroxylation is 1. The molecule has 1 amide bonds. The Hall–Kier alpha value is -2.94. The predicted octanol–water partition coefficient (Wildman–Crippen LogP) is 3.46. The van der Waals surface area contributed by atoms with Crippen molar-refractivity contribution < 1.29 is 18.1 Å².